The minimum atomic E-state index is -0.786. The zero-order chi connectivity index (χ0) is 29.0. The van der Waals surface area contributed by atoms with E-state index in [1.807, 2.05) is 77.1 Å². The van der Waals surface area contributed by atoms with Crippen molar-refractivity contribution in [3.8, 4) is 17.2 Å². The summed E-state index contributed by atoms with van der Waals surface area (Å²) in [5.41, 5.74) is 2.94. The Morgan fingerprint density at radius 3 is 2.15 bits per heavy atom. The van der Waals surface area contributed by atoms with Crippen molar-refractivity contribution in [3.63, 3.8) is 0 Å². The van der Waals surface area contributed by atoms with Crippen molar-refractivity contribution in [1.82, 2.24) is 4.90 Å². The molecule has 1 saturated heterocycles. The maximum Gasteiger partial charge on any atom is 0.295 e. The number of carbonyl (C=O) groups excluding carboxylic acids is 2. The largest absolute Gasteiger partial charge is 0.507 e. The van der Waals surface area contributed by atoms with Gasteiger partial charge in [-0.3, -0.25) is 9.59 Å². The van der Waals surface area contributed by atoms with Crippen LogP contribution in [0.3, 0.4) is 0 Å². The lowest BCUT2D eigenvalue weighted by molar-refractivity contribution is -0.140. The molecule has 1 aliphatic rings. The molecule has 3 aromatic rings. The number of hydrogen-bond donors (Lipinski definition) is 1. The summed E-state index contributed by atoms with van der Waals surface area (Å²) in [6.45, 7) is 10.6. The van der Waals surface area contributed by atoms with Crippen LogP contribution in [0.4, 0.5) is 0 Å². The first-order chi connectivity index (χ1) is 19.1. The Bertz CT molecular complexity index is 1390. The van der Waals surface area contributed by atoms with Gasteiger partial charge in [-0.2, -0.15) is 0 Å². The van der Waals surface area contributed by atoms with Crippen molar-refractivity contribution < 1.29 is 28.9 Å². The molecule has 1 unspecified atom stereocenters. The van der Waals surface area contributed by atoms with E-state index in [1.165, 1.54) is 4.90 Å². The molecule has 1 fully saturated rings. The Balaban J connectivity index is 1.80. The second kappa shape index (κ2) is 12.3. The minimum absolute atomic E-state index is 0.0394. The molecule has 0 spiro atoms. The third-order valence-electron chi connectivity index (χ3n) is 6.82. The van der Waals surface area contributed by atoms with E-state index in [2.05, 4.69) is 0 Å². The van der Waals surface area contributed by atoms with E-state index in [0.717, 1.165) is 22.6 Å². The van der Waals surface area contributed by atoms with Crippen LogP contribution in [0.1, 0.15) is 68.8 Å². The highest BCUT2D eigenvalue weighted by Gasteiger charge is 2.46. The molecular formula is C33H37NO6. The fourth-order valence-electron chi connectivity index (χ4n) is 4.91. The summed E-state index contributed by atoms with van der Waals surface area (Å²) in [5, 5.41) is 11.6. The van der Waals surface area contributed by atoms with Gasteiger partial charge in [-0.25, -0.2) is 0 Å². The molecule has 0 saturated carbocycles. The quantitative estimate of drug-likeness (QED) is 0.176. The van der Waals surface area contributed by atoms with E-state index in [9.17, 15) is 14.7 Å². The molecule has 1 atom stereocenters. The van der Waals surface area contributed by atoms with E-state index in [0.29, 0.717) is 23.5 Å². The Morgan fingerprint density at radius 1 is 0.925 bits per heavy atom. The minimum Gasteiger partial charge on any atom is -0.507 e. The summed E-state index contributed by atoms with van der Waals surface area (Å²) >= 11 is 0. The third-order valence-corrected chi connectivity index (χ3v) is 6.82. The van der Waals surface area contributed by atoms with Gasteiger partial charge in [0.15, 0.2) is 0 Å². The summed E-state index contributed by atoms with van der Waals surface area (Å²) < 4.78 is 16.8. The molecule has 0 aliphatic carbocycles. The highest BCUT2D eigenvalue weighted by atomic mass is 16.5. The van der Waals surface area contributed by atoms with Gasteiger partial charge in [0.05, 0.1) is 31.4 Å². The van der Waals surface area contributed by atoms with Crippen molar-refractivity contribution >= 4 is 17.4 Å². The molecule has 0 radical (unpaired) electrons. The van der Waals surface area contributed by atoms with E-state index >= 15 is 0 Å². The lowest BCUT2D eigenvalue weighted by Gasteiger charge is -2.26. The monoisotopic (exact) mass is 543 g/mol. The van der Waals surface area contributed by atoms with Crippen LogP contribution in [0.25, 0.3) is 5.76 Å². The molecule has 0 bridgehead atoms. The van der Waals surface area contributed by atoms with Crippen molar-refractivity contribution in [2.75, 3.05) is 13.7 Å². The third kappa shape index (κ3) is 5.98. The standard InChI is InChI=1S/C33H37NO6/c1-7-39-28-17-12-24(18-27(28)20(2)3)31(35)29-30(23-10-15-25(38-6)16-11-23)34(33(37)32(29)36)19-22-8-13-26(14-9-22)40-21(4)5/h8-18,20-21,30,35H,7,19H2,1-6H3/b31-29-. The number of nitrogens with zero attached hydrogens (tertiary/aromatic N) is 1. The number of ether oxygens (including phenoxy) is 3. The van der Waals surface area contributed by atoms with Crippen LogP contribution in [-0.2, 0) is 16.1 Å². The Hall–Kier alpha value is -4.26. The highest BCUT2D eigenvalue weighted by molar-refractivity contribution is 6.46. The summed E-state index contributed by atoms with van der Waals surface area (Å²) in [4.78, 5) is 28.5. The lowest BCUT2D eigenvalue weighted by atomic mass is 9.93. The molecule has 1 aliphatic heterocycles. The van der Waals surface area contributed by atoms with Crippen LogP contribution >= 0.6 is 0 Å². The Morgan fingerprint density at radius 2 is 1.57 bits per heavy atom. The van der Waals surface area contributed by atoms with Gasteiger partial charge in [-0.1, -0.05) is 38.1 Å². The fraction of sp³-hybridized carbons (Fsp3) is 0.333. The van der Waals surface area contributed by atoms with Gasteiger partial charge < -0.3 is 24.2 Å². The molecule has 0 aromatic heterocycles. The number of likely N-dealkylation sites (tertiary alicyclic amines) is 1. The van der Waals surface area contributed by atoms with Crippen molar-refractivity contribution in [2.24, 2.45) is 0 Å². The first-order valence-corrected chi connectivity index (χ1v) is 13.6. The Labute approximate surface area is 236 Å². The van der Waals surface area contributed by atoms with Gasteiger partial charge in [-0.05, 0) is 85.8 Å². The molecular weight excluding hydrogens is 506 g/mol. The zero-order valence-electron chi connectivity index (χ0n) is 23.9. The van der Waals surface area contributed by atoms with Gasteiger partial charge in [0.2, 0.25) is 0 Å². The molecule has 1 heterocycles. The topological polar surface area (TPSA) is 85.3 Å². The number of hydrogen-bond acceptors (Lipinski definition) is 6. The number of benzene rings is 3. The number of amides is 1. The number of aliphatic hydroxyl groups excluding tert-OH is 1. The molecule has 7 heteroatoms. The van der Waals surface area contributed by atoms with Gasteiger partial charge in [-0.15, -0.1) is 0 Å². The number of aliphatic hydroxyl groups is 1. The summed E-state index contributed by atoms with van der Waals surface area (Å²) in [7, 11) is 1.58. The first-order valence-electron chi connectivity index (χ1n) is 13.6. The average molecular weight is 544 g/mol. The van der Waals surface area contributed by atoms with Crippen LogP contribution in [0.15, 0.2) is 72.3 Å². The SMILES string of the molecule is CCOc1ccc(/C(O)=C2/C(=O)C(=O)N(Cc3ccc(OC(C)C)cc3)C2c2ccc(OC)cc2)cc1C(C)C. The number of Topliss-reactive ketones (excluding diaryl/α,β-unsaturated/α-hetero) is 1. The van der Waals surface area contributed by atoms with Gasteiger partial charge in [0, 0.05) is 12.1 Å². The average Bonchev–Trinajstić information content (AvgIpc) is 3.18. The molecule has 210 valence electrons. The van der Waals surface area contributed by atoms with E-state index in [4.69, 9.17) is 14.2 Å². The number of carbonyl (C=O) groups is 2. The maximum absolute atomic E-state index is 13.5. The van der Waals surface area contributed by atoms with Crippen molar-refractivity contribution in [2.45, 2.75) is 59.2 Å². The summed E-state index contributed by atoms with van der Waals surface area (Å²) in [5.74, 6) is 0.617. The number of methoxy groups -OCH3 is 1. The zero-order valence-corrected chi connectivity index (χ0v) is 23.9. The van der Waals surface area contributed by atoms with Crippen LogP contribution in [0, 0.1) is 0 Å². The predicted molar refractivity (Wildman–Crippen MR) is 155 cm³/mol. The number of ketones is 1. The van der Waals surface area contributed by atoms with Gasteiger partial charge in [0.25, 0.3) is 11.7 Å². The van der Waals surface area contributed by atoms with Gasteiger partial charge >= 0.3 is 0 Å². The van der Waals surface area contributed by atoms with Crippen LogP contribution < -0.4 is 14.2 Å². The van der Waals surface area contributed by atoms with Crippen molar-refractivity contribution in [1.29, 1.82) is 0 Å². The molecule has 7 nitrogen and oxygen atoms in total. The second-order valence-electron chi connectivity index (χ2n) is 10.4. The Kier molecular flexibility index (Phi) is 8.83. The van der Waals surface area contributed by atoms with E-state index < -0.39 is 17.7 Å². The molecule has 1 N–H and O–H groups in total. The second-order valence-corrected chi connectivity index (χ2v) is 10.4. The van der Waals surface area contributed by atoms with E-state index in [-0.39, 0.29) is 29.9 Å². The molecule has 40 heavy (non-hydrogen) atoms. The van der Waals surface area contributed by atoms with Crippen LogP contribution in [0.5, 0.6) is 17.2 Å². The molecule has 3 aromatic carbocycles. The van der Waals surface area contributed by atoms with Gasteiger partial charge in [0.1, 0.15) is 23.0 Å². The van der Waals surface area contributed by atoms with Crippen molar-refractivity contribution in [3.05, 3.63) is 94.6 Å². The maximum atomic E-state index is 13.5. The van der Waals surface area contributed by atoms with Crippen LogP contribution in [-0.4, -0.2) is 41.5 Å². The number of rotatable bonds is 10. The summed E-state index contributed by atoms with van der Waals surface area (Å²) in [6, 6.07) is 19.2. The first kappa shape index (κ1) is 28.7. The lowest BCUT2D eigenvalue weighted by Crippen LogP contribution is -2.29. The molecule has 4 rings (SSSR count). The fourth-order valence-corrected chi connectivity index (χ4v) is 4.91. The summed E-state index contributed by atoms with van der Waals surface area (Å²) in [6.07, 6.45) is 0.0394. The normalized spacial score (nSPS) is 16.6. The predicted octanol–water partition coefficient (Wildman–Crippen LogP) is 6.63. The smallest absolute Gasteiger partial charge is 0.295 e. The molecule has 1 amide bonds. The van der Waals surface area contributed by atoms with Crippen LogP contribution in [0.2, 0.25) is 0 Å². The highest BCUT2D eigenvalue weighted by Crippen LogP contribution is 2.41. The van der Waals surface area contributed by atoms with E-state index in [1.54, 1.807) is 31.4 Å².